The molecule has 0 radical (unpaired) electrons. The third-order valence-electron chi connectivity index (χ3n) is 3.14. The SMILES string of the molecule is CCOC(=O)C(N)C(=O)NC1CCC(C)(C)C1. The van der Waals surface area contributed by atoms with Crippen LogP contribution in [0.1, 0.15) is 40.0 Å². The Hall–Kier alpha value is -1.10. The number of hydrogen-bond donors (Lipinski definition) is 2. The molecule has 3 N–H and O–H groups in total. The average Bonchev–Trinajstić information content (AvgIpc) is 2.57. The summed E-state index contributed by atoms with van der Waals surface area (Å²) in [6, 6.07) is -1.09. The summed E-state index contributed by atoms with van der Waals surface area (Å²) < 4.78 is 4.71. The fraction of sp³-hybridized carbons (Fsp3) is 0.833. The molecule has 0 aromatic rings. The number of ether oxygens (including phenoxy) is 1. The summed E-state index contributed by atoms with van der Waals surface area (Å²) in [5.41, 5.74) is 5.76. The Balaban J connectivity index is 2.42. The Bertz CT molecular complexity index is 302. The van der Waals surface area contributed by atoms with E-state index >= 15 is 0 Å². The van der Waals surface area contributed by atoms with Crippen molar-refractivity contribution in [1.82, 2.24) is 5.32 Å². The summed E-state index contributed by atoms with van der Waals surface area (Å²) in [7, 11) is 0. The lowest BCUT2D eigenvalue weighted by molar-refractivity contribution is -0.148. The van der Waals surface area contributed by atoms with E-state index in [9.17, 15) is 9.59 Å². The van der Waals surface area contributed by atoms with Gasteiger partial charge in [-0.1, -0.05) is 13.8 Å². The second kappa shape index (κ2) is 5.49. The van der Waals surface area contributed by atoms with Crippen LogP contribution in [-0.4, -0.2) is 30.6 Å². The molecule has 0 heterocycles. The lowest BCUT2D eigenvalue weighted by Crippen LogP contribution is -2.49. The first kappa shape index (κ1) is 14.0. The van der Waals surface area contributed by atoms with Crippen LogP contribution in [0.2, 0.25) is 0 Å². The predicted octanol–water partition coefficient (Wildman–Crippen LogP) is 0.572. The highest BCUT2D eigenvalue weighted by Crippen LogP contribution is 2.36. The molecule has 0 aliphatic heterocycles. The molecule has 2 unspecified atom stereocenters. The van der Waals surface area contributed by atoms with Gasteiger partial charge in [0.1, 0.15) is 0 Å². The van der Waals surface area contributed by atoms with Crippen LogP contribution in [0, 0.1) is 5.41 Å². The van der Waals surface area contributed by atoms with Gasteiger partial charge in [-0.3, -0.25) is 4.79 Å². The van der Waals surface area contributed by atoms with Gasteiger partial charge in [0, 0.05) is 6.04 Å². The quantitative estimate of drug-likeness (QED) is 0.558. The first-order valence-electron chi connectivity index (χ1n) is 6.08. The predicted molar refractivity (Wildman–Crippen MR) is 64.2 cm³/mol. The topological polar surface area (TPSA) is 81.4 Å². The molecule has 1 aliphatic carbocycles. The van der Waals surface area contributed by atoms with Crippen molar-refractivity contribution in [3.63, 3.8) is 0 Å². The van der Waals surface area contributed by atoms with E-state index in [0.29, 0.717) is 0 Å². The highest BCUT2D eigenvalue weighted by molar-refractivity contribution is 6.01. The van der Waals surface area contributed by atoms with Crippen LogP contribution in [0.4, 0.5) is 0 Å². The van der Waals surface area contributed by atoms with E-state index in [0.717, 1.165) is 19.3 Å². The number of carbonyl (C=O) groups is 2. The molecular weight excluding hydrogens is 220 g/mol. The van der Waals surface area contributed by atoms with Gasteiger partial charge in [-0.15, -0.1) is 0 Å². The van der Waals surface area contributed by atoms with Gasteiger partial charge >= 0.3 is 5.97 Å². The molecule has 0 aromatic carbocycles. The average molecular weight is 242 g/mol. The standard InChI is InChI=1S/C12H22N2O3/c1-4-17-11(16)9(13)10(15)14-8-5-6-12(2,3)7-8/h8-9H,4-7,13H2,1-3H3,(H,14,15). The molecule has 0 bridgehead atoms. The van der Waals surface area contributed by atoms with E-state index in [1.165, 1.54) is 0 Å². The second-order valence-corrected chi connectivity index (χ2v) is 5.34. The van der Waals surface area contributed by atoms with Crippen LogP contribution in [-0.2, 0) is 14.3 Å². The molecule has 5 heteroatoms. The van der Waals surface area contributed by atoms with E-state index in [1.807, 2.05) is 0 Å². The Labute approximate surface area is 102 Å². The highest BCUT2D eigenvalue weighted by Gasteiger charge is 2.33. The fourth-order valence-corrected chi connectivity index (χ4v) is 2.19. The minimum atomic E-state index is -1.21. The summed E-state index contributed by atoms with van der Waals surface area (Å²) >= 11 is 0. The van der Waals surface area contributed by atoms with E-state index in [4.69, 9.17) is 10.5 Å². The lowest BCUT2D eigenvalue weighted by Gasteiger charge is -2.19. The number of esters is 1. The molecule has 98 valence electrons. The lowest BCUT2D eigenvalue weighted by atomic mass is 9.92. The Kier molecular flexibility index (Phi) is 4.51. The van der Waals surface area contributed by atoms with Crippen molar-refractivity contribution in [1.29, 1.82) is 0 Å². The normalized spacial score (nSPS) is 24.1. The van der Waals surface area contributed by atoms with Gasteiger partial charge in [-0.2, -0.15) is 0 Å². The third kappa shape index (κ3) is 4.00. The minimum Gasteiger partial charge on any atom is -0.464 e. The molecule has 1 aliphatic rings. The van der Waals surface area contributed by atoms with Gasteiger partial charge in [0.2, 0.25) is 5.91 Å². The van der Waals surface area contributed by atoms with Crippen LogP contribution in [0.3, 0.4) is 0 Å². The number of hydrogen-bond acceptors (Lipinski definition) is 4. The van der Waals surface area contributed by atoms with Crippen molar-refractivity contribution in [3.05, 3.63) is 0 Å². The van der Waals surface area contributed by atoms with Crippen molar-refractivity contribution >= 4 is 11.9 Å². The van der Waals surface area contributed by atoms with Gasteiger partial charge in [-0.25, -0.2) is 4.79 Å². The van der Waals surface area contributed by atoms with Crippen molar-refractivity contribution < 1.29 is 14.3 Å². The molecule has 1 saturated carbocycles. The van der Waals surface area contributed by atoms with Crippen LogP contribution in [0.5, 0.6) is 0 Å². The number of carbonyl (C=O) groups excluding carboxylic acids is 2. The molecule has 0 saturated heterocycles. The summed E-state index contributed by atoms with van der Waals surface area (Å²) in [6.45, 7) is 6.26. The molecule has 17 heavy (non-hydrogen) atoms. The molecular formula is C12H22N2O3. The summed E-state index contributed by atoms with van der Waals surface area (Å²) in [4.78, 5) is 23.0. The molecule has 0 spiro atoms. The summed E-state index contributed by atoms with van der Waals surface area (Å²) in [5, 5.41) is 2.81. The van der Waals surface area contributed by atoms with Crippen molar-refractivity contribution in [3.8, 4) is 0 Å². The Morgan fingerprint density at radius 3 is 2.65 bits per heavy atom. The smallest absolute Gasteiger partial charge is 0.332 e. The molecule has 1 amide bonds. The maximum absolute atomic E-state index is 11.7. The van der Waals surface area contributed by atoms with Crippen LogP contribution in [0.15, 0.2) is 0 Å². The van der Waals surface area contributed by atoms with E-state index in [-0.39, 0.29) is 18.1 Å². The summed E-state index contributed by atoms with van der Waals surface area (Å²) in [6.07, 6.45) is 2.94. The van der Waals surface area contributed by atoms with Crippen LogP contribution >= 0.6 is 0 Å². The summed E-state index contributed by atoms with van der Waals surface area (Å²) in [5.74, 6) is -1.10. The van der Waals surface area contributed by atoms with Gasteiger partial charge < -0.3 is 15.8 Å². The van der Waals surface area contributed by atoms with E-state index in [1.54, 1.807) is 6.92 Å². The van der Waals surface area contributed by atoms with Gasteiger partial charge in [0.05, 0.1) is 6.61 Å². The van der Waals surface area contributed by atoms with Crippen molar-refractivity contribution in [2.45, 2.75) is 52.1 Å². The number of amides is 1. The Morgan fingerprint density at radius 2 is 2.18 bits per heavy atom. The van der Waals surface area contributed by atoms with E-state index in [2.05, 4.69) is 19.2 Å². The van der Waals surface area contributed by atoms with Gasteiger partial charge in [0.15, 0.2) is 6.04 Å². The number of nitrogens with two attached hydrogens (primary N) is 1. The minimum absolute atomic E-state index is 0.123. The maximum atomic E-state index is 11.7. The first-order valence-corrected chi connectivity index (χ1v) is 6.08. The number of nitrogens with one attached hydrogen (secondary N) is 1. The molecule has 1 rings (SSSR count). The maximum Gasteiger partial charge on any atom is 0.332 e. The Morgan fingerprint density at radius 1 is 1.53 bits per heavy atom. The molecule has 1 fully saturated rings. The molecule has 2 atom stereocenters. The highest BCUT2D eigenvalue weighted by atomic mass is 16.5. The molecule has 5 nitrogen and oxygen atoms in total. The zero-order valence-electron chi connectivity index (χ0n) is 10.8. The molecule has 0 aromatic heterocycles. The fourth-order valence-electron chi connectivity index (χ4n) is 2.19. The zero-order valence-corrected chi connectivity index (χ0v) is 10.8. The zero-order chi connectivity index (χ0) is 13.1. The van der Waals surface area contributed by atoms with E-state index < -0.39 is 17.9 Å². The van der Waals surface area contributed by atoms with Gasteiger partial charge in [-0.05, 0) is 31.6 Å². The van der Waals surface area contributed by atoms with Crippen molar-refractivity contribution in [2.24, 2.45) is 11.1 Å². The third-order valence-corrected chi connectivity index (χ3v) is 3.14. The largest absolute Gasteiger partial charge is 0.464 e. The second-order valence-electron chi connectivity index (χ2n) is 5.34. The number of rotatable bonds is 4. The van der Waals surface area contributed by atoms with Crippen LogP contribution in [0.25, 0.3) is 0 Å². The monoisotopic (exact) mass is 242 g/mol. The first-order chi connectivity index (χ1) is 7.85. The van der Waals surface area contributed by atoms with Crippen LogP contribution < -0.4 is 11.1 Å². The van der Waals surface area contributed by atoms with Gasteiger partial charge in [0.25, 0.3) is 0 Å². The van der Waals surface area contributed by atoms with Crippen molar-refractivity contribution in [2.75, 3.05) is 6.61 Å².